The van der Waals surface area contributed by atoms with E-state index in [0.717, 1.165) is 25.4 Å². The number of nitrogens with zero attached hydrogens (tertiary/aromatic N) is 1. The molecule has 0 aromatic heterocycles. The summed E-state index contributed by atoms with van der Waals surface area (Å²) in [4.78, 5) is 13.4. The number of aliphatic hydroxyl groups excluding tert-OH is 1. The Balaban J connectivity index is 1.91. The standard InChI is InChI=1S/C14H26N2O3/c1-10(12-2-3-12)16-8-11(7-14(18)19)6-13(9-16)15-4-5-17/h10-13,15,17H,2-9H2,1H3,(H,18,19). The van der Waals surface area contributed by atoms with E-state index < -0.39 is 5.97 Å². The molecule has 1 aliphatic carbocycles. The molecule has 0 bridgehead atoms. The van der Waals surface area contributed by atoms with Crippen LogP contribution in [0, 0.1) is 11.8 Å². The number of hydrogen-bond acceptors (Lipinski definition) is 4. The molecule has 2 rings (SSSR count). The Morgan fingerprint density at radius 1 is 1.42 bits per heavy atom. The van der Waals surface area contributed by atoms with Crippen LogP contribution in [0.5, 0.6) is 0 Å². The maximum atomic E-state index is 10.9. The zero-order valence-corrected chi connectivity index (χ0v) is 11.7. The van der Waals surface area contributed by atoms with Crippen molar-refractivity contribution in [2.45, 2.75) is 44.7 Å². The van der Waals surface area contributed by atoms with E-state index in [9.17, 15) is 4.79 Å². The molecule has 3 unspecified atom stereocenters. The first-order valence-electron chi connectivity index (χ1n) is 7.40. The second-order valence-corrected chi connectivity index (χ2v) is 6.11. The number of rotatable bonds is 7. The van der Waals surface area contributed by atoms with Crippen molar-refractivity contribution in [3.63, 3.8) is 0 Å². The fourth-order valence-corrected chi connectivity index (χ4v) is 3.26. The van der Waals surface area contributed by atoms with E-state index >= 15 is 0 Å². The molecule has 5 nitrogen and oxygen atoms in total. The van der Waals surface area contributed by atoms with Crippen LogP contribution in [0.15, 0.2) is 0 Å². The first kappa shape index (κ1) is 14.8. The number of aliphatic hydroxyl groups is 1. The van der Waals surface area contributed by atoms with Gasteiger partial charge in [0.2, 0.25) is 0 Å². The van der Waals surface area contributed by atoms with Crippen molar-refractivity contribution >= 4 is 5.97 Å². The molecule has 2 aliphatic rings. The summed E-state index contributed by atoms with van der Waals surface area (Å²) in [5.41, 5.74) is 0. The van der Waals surface area contributed by atoms with Crippen molar-refractivity contribution in [1.29, 1.82) is 0 Å². The van der Waals surface area contributed by atoms with Gasteiger partial charge in [0.15, 0.2) is 0 Å². The Hall–Kier alpha value is -0.650. The van der Waals surface area contributed by atoms with Crippen molar-refractivity contribution in [1.82, 2.24) is 10.2 Å². The lowest BCUT2D eigenvalue weighted by molar-refractivity contribution is -0.138. The van der Waals surface area contributed by atoms with Gasteiger partial charge >= 0.3 is 5.97 Å². The van der Waals surface area contributed by atoms with E-state index in [2.05, 4.69) is 17.1 Å². The first-order valence-corrected chi connectivity index (χ1v) is 7.40. The molecule has 1 saturated carbocycles. The number of aliphatic carboxylic acids is 1. The molecule has 0 amide bonds. The number of likely N-dealkylation sites (tertiary alicyclic amines) is 1. The van der Waals surface area contributed by atoms with E-state index in [4.69, 9.17) is 10.2 Å². The minimum absolute atomic E-state index is 0.137. The van der Waals surface area contributed by atoms with Crippen molar-refractivity contribution in [2.75, 3.05) is 26.2 Å². The van der Waals surface area contributed by atoms with Crippen molar-refractivity contribution in [3.8, 4) is 0 Å². The monoisotopic (exact) mass is 270 g/mol. The highest BCUT2D eigenvalue weighted by Gasteiger charge is 2.36. The molecule has 1 heterocycles. The first-order chi connectivity index (χ1) is 9.10. The summed E-state index contributed by atoms with van der Waals surface area (Å²) in [7, 11) is 0. The molecular formula is C14H26N2O3. The molecule has 2 fully saturated rings. The molecule has 1 aliphatic heterocycles. The van der Waals surface area contributed by atoms with Gasteiger partial charge in [-0.15, -0.1) is 0 Å². The molecule has 1 saturated heterocycles. The second-order valence-electron chi connectivity index (χ2n) is 6.11. The van der Waals surface area contributed by atoms with Crippen LogP contribution in [0.25, 0.3) is 0 Å². The smallest absolute Gasteiger partial charge is 0.303 e. The highest BCUT2D eigenvalue weighted by molar-refractivity contribution is 5.67. The molecule has 0 aromatic carbocycles. The number of carbonyl (C=O) groups is 1. The fourth-order valence-electron chi connectivity index (χ4n) is 3.26. The van der Waals surface area contributed by atoms with Gasteiger partial charge in [-0.1, -0.05) is 0 Å². The number of piperidine rings is 1. The largest absolute Gasteiger partial charge is 0.481 e. The predicted octanol–water partition coefficient (Wildman–Crippen LogP) is 0.532. The van der Waals surface area contributed by atoms with Crippen LogP contribution in [-0.2, 0) is 4.79 Å². The van der Waals surface area contributed by atoms with Crippen molar-refractivity contribution < 1.29 is 15.0 Å². The molecule has 3 N–H and O–H groups in total. The minimum atomic E-state index is -0.702. The van der Waals surface area contributed by atoms with Crippen molar-refractivity contribution in [2.24, 2.45) is 11.8 Å². The molecule has 5 heteroatoms. The lowest BCUT2D eigenvalue weighted by atomic mass is 9.90. The van der Waals surface area contributed by atoms with Gasteiger partial charge in [0, 0.05) is 38.1 Å². The normalized spacial score (nSPS) is 30.2. The molecule has 0 radical (unpaired) electrons. The van der Waals surface area contributed by atoms with Gasteiger partial charge in [0.25, 0.3) is 0 Å². The summed E-state index contributed by atoms with van der Waals surface area (Å²) in [5.74, 6) is 0.331. The van der Waals surface area contributed by atoms with Gasteiger partial charge in [-0.05, 0) is 38.0 Å². The maximum Gasteiger partial charge on any atom is 0.303 e. The summed E-state index contributed by atoms with van der Waals surface area (Å²) in [6.45, 7) is 4.88. The highest BCUT2D eigenvalue weighted by atomic mass is 16.4. The Kier molecular flexibility index (Phi) is 5.19. The predicted molar refractivity (Wildman–Crippen MR) is 73.0 cm³/mol. The number of nitrogens with one attached hydrogen (secondary N) is 1. The lowest BCUT2D eigenvalue weighted by Crippen LogP contribution is -2.53. The quantitative estimate of drug-likeness (QED) is 0.629. The third kappa shape index (κ3) is 4.44. The topological polar surface area (TPSA) is 72.8 Å². The van der Waals surface area contributed by atoms with E-state index in [1.54, 1.807) is 0 Å². The maximum absolute atomic E-state index is 10.9. The summed E-state index contributed by atoms with van der Waals surface area (Å²) in [5, 5.41) is 21.2. The van der Waals surface area contributed by atoms with E-state index in [0.29, 0.717) is 18.6 Å². The summed E-state index contributed by atoms with van der Waals surface area (Å²) >= 11 is 0. The van der Waals surface area contributed by atoms with Crippen LogP contribution in [0.3, 0.4) is 0 Å². The molecular weight excluding hydrogens is 244 g/mol. The lowest BCUT2D eigenvalue weighted by Gasteiger charge is -2.41. The Labute approximate surface area is 115 Å². The van der Waals surface area contributed by atoms with Crippen LogP contribution < -0.4 is 5.32 Å². The van der Waals surface area contributed by atoms with Crippen LogP contribution in [-0.4, -0.2) is 59.4 Å². The van der Waals surface area contributed by atoms with Gasteiger partial charge in [0.1, 0.15) is 0 Å². The average molecular weight is 270 g/mol. The summed E-state index contributed by atoms with van der Waals surface area (Å²) in [6, 6.07) is 0.876. The van der Waals surface area contributed by atoms with E-state index in [1.165, 1.54) is 12.8 Å². The van der Waals surface area contributed by atoms with Gasteiger partial charge in [-0.2, -0.15) is 0 Å². The Morgan fingerprint density at radius 2 is 2.16 bits per heavy atom. The van der Waals surface area contributed by atoms with Gasteiger partial charge in [-0.25, -0.2) is 0 Å². The minimum Gasteiger partial charge on any atom is -0.481 e. The second kappa shape index (κ2) is 6.68. The zero-order chi connectivity index (χ0) is 13.8. The van der Waals surface area contributed by atoms with Gasteiger partial charge in [0.05, 0.1) is 6.61 Å². The van der Waals surface area contributed by atoms with E-state index in [1.807, 2.05) is 0 Å². The van der Waals surface area contributed by atoms with Crippen LogP contribution >= 0.6 is 0 Å². The van der Waals surface area contributed by atoms with E-state index in [-0.39, 0.29) is 18.9 Å². The third-order valence-electron chi connectivity index (χ3n) is 4.45. The highest BCUT2D eigenvalue weighted by Crippen LogP contribution is 2.36. The van der Waals surface area contributed by atoms with Crippen LogP contribution in [0.2, 0.25) is 0 Å². The third-order valence-corrected chi connectivity index (χ3v) is 4.45. The Bertz CT molecular complexity index is 307. The van der Waals surface area contributed by atoms with Crippen molar-refractivity contribution in [3.05, 3.63) is 0 Å². The molecule has 0 spiro atoms. The molecule has 0 aromatic rings. The fraction of sp³-hybridized carbons (Fsp3) is 0.929. The summed E-state index contributed by atoms with van der Waals surface area (Å²) in [6.07, 6.45) is 3.79. The molecule has 19 heavy (non-hydrogen) atoms. The zero-order valence-electron chi connectivity index (χ0n) is 11.7. The average Bonchev–Trinajstić information content (AvgIpc) is 3.18. The SMILES string of the molecule is CC(C1CC1)N1CC(CC(=O)O)CC(NCCO)C1. The molecule has 110 valence electrons. The number of hydrogen-bond donors (Lipinski definition) is 3. The van der Waals surface area contributed by atoms with Crippen LogP contribution in [0.4, 0.5) is 0 Å². The number of carboxylic acid groups (broad SMARTS) is 1. The van der Waals surface area contributed by atoms with Gasteiger partial charge < -0.3 is 15.5 Å². The molecule has 3 atom stereocenters. The van der Waals surface area contributed by atoms with Crippen LogP contribution in [0.1, 0.15) is 32.6 Å². The Morgan fingerprint density at radius 3 is 2.74 bits per heavy atom. The number of carboxylic acids is 1. The summed E-state index contributed by atoms with van der Waals surface area (Å²) < 4.78 is 0. The van der Waals surface area contributed by atoms with Gasteiger partial charge in [-0.3, -0.25) is 9.69 Å².